The van der Waals surface area contributed by atoms with Gasteiger partial charge in [-0.05, 0) is 71.7 Å². The van der Waals surface area contributed by atoms with Crippen LogP contribution in [0.25, 0.3) is 22.2 Å². The minimum Gasteiger partial charge on any atom is -0.454 e. The Bertz CT molecular complexity index is 1950. The summed E-state index contributed by atoms with van der Waals surface area (Å²) in [7, 11) is 0. The second kappa shape index (κ2) is 11.2. The van der Waals surface area contributed by atoms with Crippen LogP contribution in [0.1, 0.15) is 52.6 Å². The maximum Gasteiger partial charge on any atom is 0.339 e. The van der Waals surface area contributed by atoms with Crippen LogP contribution in [0, 0.1) is 13.8 Å². The molecular formula is C34H22BrClN2O5. The van der Waals surface area contributed by atoms with E-state index in [9.17, 15) is 19.2 Å². The number of benzene rings is 4. The van der Waals surface area contributed by atoms with Crippen molar-refractivity contribution in [1.29, 1.82) is 0 Å². The average molecular weight is 654 g/mol. The number of Topliss-reactive ketones (excluding diaryl/α,β-unsaturated/α-hetero) is 1. The minimum atomic E-state index is -0.689. The number of aromatic nitrogens is 1. The van der Waals surface area contributed by atoms with Crippen molar-refractivity contribution >= 4 is 67.7 Å². The molecule has 2 amide bonds. The minimum absolute atomic E-state index is 0.210. The monoisotopic (exact) mass is 652 g/mol. The Morgan fingerprint density at radius 3 is 2.14 bits per heavy atom. The molecule has 43 heavy (non-hydrogen) atoms. The number of rotatable bonds is 6. The van der Waals surface area contributed by atoms with E-state index in [2.05, 4.69) is 15.9 Å². The zero-order chi connectivity index (χ0) is 30.4. The molecule has 6 rings (SSSR count). The predicted molar refractivity (Wildman–Crippen MR) is 168 cm³/mol. The van der Waals surface area contributed by atoms with Crippen molar-refractivity contribution in [3.05, 3.63) is 128 Å². The molecule has 0 N–H and O–H groups in total. The highest BCUT2D eigenvalue weighted by Crippen LogP contribution is 2.36. The van der Waals surface area contributed by atoms with Gasteiger partial charge in [-0.1, -0.05) is 65.7 Å². The first-order valence-corrected chi connectivity index (χ1v) is 14.5. The molecule has 1 aliphatic heterocycles. The molecule has 0 bridgehead atoms. The Morgan fingerprint density at radius 2 is 1.51 bits per heavy atom. The van der Waals surface area contributed by atoms with Gasteiger partial charge in [-0.3, -0.25) is 14.4 Å². The van der Waals surface area contributed by atoms with E-state index in [0.717, 1.165) is 10.5 Å². The molecule has 0 atom stereocenters. The smallest absolute Gasteiger partial charge is 0.339 e. The number of pyridine rings is 1. The Kier molecular flexibility index (Phi) is 7.42. The molecule has 7 nitrogen and oxygen atoms in total. The molecule has 212 valence electrons. The molecule has 5 aromatic rings. The number of hydrogen-bond acceptors (Lipinski definition) is 6. The summed E-state index contributed by atoms with van der Waals surface area (Å²) in [5.74, 6) is -1.79. The molecule has 4 aromatic carbocycles. The number of ketones is 1. The first-order chi connectivity index (χ1) is 20.6. The molecule has 0 fully saturated rings. The second-order valence-electron chi connectivity index (χ2n) is 10.2. The van der Waals surface area contributed by atoms with E-state index < -0.39 is 24.4 Å². The van der Waals surface area contributed by atoms with Gasteiger partial charge in [0.05, 0.1) is 38.6 Å². The fourth-order valence-electron chi connectivity index (χ4n) is 5.01. The van der Waals surface area contributed by atoms with Gasteiger partial charge in [-0.15, -0.1) is 0 Å². The summed E-state index contributed by atoms with van der Waals surface area (Å²) >= 11 is 9.96. The Morgan fingerprint density at radius 1 is 0.884 bits per heavy atom. The second-order valence-corrected chi connectivity index (χ2v) is 11.4. The van der Waals surface area contributed by atoms with E-state index in [0.29, 0.717) is 59.6 Å². The highest BCUT2D eigenvalue weighted by Gasteiger charge is 2.36. The molecule has 0 saturated heterocycles. The lowest BCUT2D eigenvalue weighted by atomic mass is 10.0. The zero-order valence-corrected chi connectivity index (χ0v) is 25.3. The van der Waals surface area contributed by atoms with Crippen molar-refractivity contribution in [3.63, 3.8) is 0 Å². The van der Waals surface area contributed by atoms with Crippen LogP contribution in [0.4, 0.5) is 5.69 Å². The Labute approximate surface area is 260 Å². The van der Waals surface area contributed by atoms with E-state index in [-0.39, 0.29) is 11.3 Å². The summed E-state index contributed by atoms with van der Waals surface area (Å²) in [6.45, 7) is 3.29. The lowest BCUT2D eigenvalue weighted by molar-refractivity contribution is 0.0476. The molecule has 9 heteroatoms. The molecule has 0 radical (unpaired) electrons. The summed E-state index contributed by atoms with van der Waals surface area (Å²) in [5.41, 5.74) is 5.01. The third kappa shape index (κ3) is 5.13. The van der Waals surface area contributed by atoms with E-state index in [1.54, 1.807) is 79.7 Å². The van der Waals surface area contributed by atoms with Crippen LogP contribution in [0.3, 0.4) is 0 Å². The van der Waals surface area contributed by atoms with Gasteiger partial charge in [-0.2, -0.15) is 0 Å². The van der Waals surface area contributed by atoms with Crippen LogP contribution >= 0.6 is 27.5 Å². The van der Waals surface area contributed by atoms with E-state index >= 15 is 0 Å². The fraction of sp³-hybridized carbons (Fsp3) is 0.0882. The van der Waals surface area contributed by atoms with Gasteiger partial charge < -0.3 is 4.74 Å². The van der Waals surface area contributed by atoms with Gasteiger partial charge in [0, 0.05) is 21.0 Å². The van der Waals surface area contributed by atoms with Crippen LogP contribution in [-0.2, 0) is 4.74 Å². The van der Waals surface area contributed by atoms with Crippen molar-refractivity contribution < 1.29 is 23.9 Å². The lowest BCUT2D eigenvalue weighted by Crippen LogP contribution is -2.29. The standard InChI is InChI=1S/C34H22BrClN2O5/c1-18-7-9-21(10-8-18)29(39)17-43-34(42)26-16-28(37-31-19(2)30(36)27(35)15-25(26)31)20-11-13-22(14-12-20)38-32(40)23-5-3-4-6-24(23)33(38)41/h3-16H,17H2,1-2H3. The predicted octanol–water partition coefficient (Wildman–Crippen LogP) is 7.77. The van der Waals surface area contributed by atoms with Crippen molar-refractivity contribution in [2.45, 2.75) is 13.8 Å². The molecule has 1 aromatic heterocycles. The molecule has 0 unspecified atom stereocenters. The third-order valence-corrected chi connectivity index (χ3v) is 8.71. The first kappa shape index (κ1) is 28.5. The summed E-state index contributed by atoms with van der Waals surface area (Å²) in [6.07, 6.45) is 0. The number of hydrogen-bond donors (Lipinski definition) is 0. The van der Waals surface area contributed by atoms with Crippen LogP contribution < -0.4 is 4.90 Å². The Balaban J connectivity index is 1.34. The SMILES string of the molecule is Cc1ccc(C(=O)COC(=O)c2cc(-c3ccc(N4C(=O)c5ccccc5C4=O)cc3)nc3c(C)c(Cl)c(Br)cc23)cc1. The van der Waals surface area contributed by atoms with Gasteiger partial charge in [0.15, 0.2) is 12.4 Å². The van der Waals surface area contributed by atoms with Crippen LogP contribution in [0.5, 0.6) is 0 Å². The summed E-state index contributed by atoms with van der Waals surface area (Å²) in [5, 5.41) is 0.958. The normalized spacial score (nSPS) is 12.5. The van der Waals surface area contributed by atoms with Crippen LogP contribution in [0.15, 0.2) is 89.4 Å². The van der Waals surface area contributed by atoms with Gasteiger partial charge in [-0.25, -0.2) is 14.7 Å². The topological polar surface area (TPSA) is 93.6 Å². The van der Waals surface area contributed by atoms with Crippen molar-refractivity contribution in [1.82, 2.24) is 4.98 Å². The number of anilines is 1. The van der Waals surface area contributed by atoms with E-state index in [4.69, 9.17) is 21.3 Å². The number of imide groups is 1. The molecule has 0 aliphatic carbocycles. The summed E-state index contributed by atoms with van der Waals surface area (Å²) in [4.78, 5) is 57.9. The quantitative estimate of drug-likeness (QED) is 0.106. The number of halogens is 2. The number of carbonyl (C=O) groups is 4. The molecule has 0 saturated carbocycles. The molecule has 0 spiro atoms. The number of esters is 1. The highest BCUT2D eigenvalue weighted by atomic mass is 79.9. The molecule has 2 heterocycles. The number of amides is 2. The molecule has 1 aliphatic rings. The van der Waals surface area contributed by atoms with Crippen molar-refractivity contribution in [3.8, 4) is 11.3 Å². The highest BCUT2D eigenvalue weighted by molar-refractivity contribution is 9.10. The summed E-state index contributed by atoms with van der Waals surface area (Å²) < 4.78 is 6.07. The van der Waals surface area contributed by atoms with E-state index in [1.807, 2.05) is 19.1 Å². The maximum atomic E-state index is 13.4. The number of ether oxygens (including phenoxy) is 1. The van der Waals surface area contributed by atoms with Crippen molar-refractivity contribution in [2.24, 2.45) is 0 Å². The number of nitrogens with zero attached hydrogens (tertiary/aromatic N) is 2. The van der Waals surface area contributed by atoms with E-state index in [1.165, 1.54) is 0 Å². The average Bonchev–Trinajstić information content (AvgIpc) is 3.28. The van der Waals surface area contributed by atoms with Gasteiger partial charge in [0.25, 0.3) is 11.8 Å². The number of aryl methyl sites for hydroxylation is 2. The maximum absolute atomic E-state index is 13.4. The van der Waals surface area contributed by atoms with Gasteiger partial charge in [0.2, 0.25) is 0 Å². The van der Waals surface area contributed by atoms with Crippen molar-refractivity contribution in [2.75, 3.05) is 11.5 Å². The molecular weight excluding hydrogens is 632 g/mol. The number of carbonyl (C=O) groups excluding carboxylic acids is 4. The van der Waals surface area contributed by atoms with Crippen LogP contribution in [0.2, 0.25) is 5.02 Å². The van der Waals surface area contributed by atoms with Crippen LogP contribution in [-0.4, -0.2) is 35.2 Å². The third-order valence-electron chi connectivity index (χ3n) is 7.37. The Hall–Kier alpha value is -4.66. The fourth-order valence-corrected chi connectivity index (χ4v) is 5.68. The summed E-state index contributed by atoms with van der Waals surface area (Å²) in [6, 6.07) is 23.8. The largest absolute Gasteiger partial charge is 0.454 e. The van der Waals surface area contributed by atoms with Gasteiger partial charge >= 0.3 is 5.97 Å². The first-order valence-electron chi connectivity index (χ1n) is 13.3. The zero-order valence-electron chi connectivity index (χ0n) is 23.0. The van der Waals surface area contributed by atoms with Gasteiger partial charge in [0.1, 0.15) is 0 Å². The lowest BCUT2D eigenvalue weighted by Gasteiger charge is -2.15. The number of fused-ring (bicyclic) bond motifs is 2.